The van der Waals surface area contributed by atoms with Crippen LogP contribution in [0, 0.1) is 5.92 Å². The summed E-state index contributed by atoms with van der Waals surface area (Å²) in [5.41, 5.74) is 1.33. The first-order chi connectivity index (χ1) is 6.33. The largest absolute Gasteiger partial charge is 0.312 e. The highest BCUT2D eigenvalue weighted by molar-refractivity contribution is 5.14. The van der Waals surface area contributed by atoms with Gasteiger partial charge in [0, 0.05) is 13.1 Å². The molecule has 0 aromatic heterocycles. The lowest BCUT2D eigenvalue weighted by Gasteiger charge is -2.07. The van der Waals surface area contributed by atoms with Crippen LogP contribution in [0.1, 0.15) is 12.5 Å². The van der Waals surface area contributed by atoms with Crippen molar-refractivity contribution in [3.63, 3.8) is 0 Å². The van der Waals surface area contributed by atoms with Gasteiger partial charge in [-0.25, -0.2) is 0 Å². The molecule has 0 aliphatic carbocycles. The fraction of sp³-hybridized carbons (Fsp3) is 0.333. The normalized spacial score (nSPS) is 12.4. The molecule has 1 rings (SSSR count). The molecule has 1 N–H and O–H groups in total. The first-order valence-corrected chi connectivity index (χ1v) is 4.70. The van der Waals surface area contributed by atoms with E-state index in [1.165, 1.54) is 5.56 Å². The molecule has 0 spiro atoms. The van der Waals surface area contributed by atoms with Crippen molar-refractivity contribution in [3.8, 4) is 0 Å². The zero-order valence-electron chi connectivity index (χ0n) is 8.16. The summed E-state index contributed by atoms with van der Waals surface area (Å²) in [6, 6.07) is 10.4. The van der Waals surface area contributed by atoms with E-state index in [9.17, 15) is 0 Å². The molecule has 1 aromatic rings. The third-order valence-electron chi connectivity index (χ3n) is 2.04. The Kier molecular flexibility index (Phi) is 4.27. The summed E-state index contributed by atoms with van der Waals surface area (Å²) in [5, 5.41) is 3.38. The predicted molar refractivity (Wildman–Crippen MR) is 57.5 cm³/mol. The summed E-state index contributed by atoms with van der Waals surface area (Å²) in [6.07, 6.45) is 1.97. The van der Waals surface area contributed by atoms with Gasteiger partial charge in [0.2, 0.25) is 0 Å². The Balaban J connectivity index is 2.24. The number of benzene rings is 1. The van der Waals surface area contributed by atoms with Gasteiger partial charge in [-0.15, -0.1) is 6.58 Å². The van der Waals surface area contributed by atoms with E-state index in [2.05, 4.69) is 43.1 Å². The molecule has 0 radical (unpaired) electrons. The summed E-state index contributed by atoms with van der Waals surface area (Å²) >= 11 is 0. The fourth-order valence-electron chi connectivity index (χ4n) is 1.12. The Hall–Kier alpha value is -1.08. The molecule has 0 aliphatic rings. The molecule has 13 heavy (non-hydrogen) atoms. The average molecular weight is 175 g/mol. The van der Waals surface area contributed by atoms with Gasteiger partial charge >= 0.3 is 0 Å². The van der Waals surface area contributed by atoms with Crippen molar-refractivity contribution in [2.45, 2.75) is 13.5 Å². The molecule has 0 aliphatic heterocycles. The summed E-state index contributed by atoms with van der Waals surface area (Å²) in [5.74, 6) is 0.545. The van der Waals surface area contributed by atoms with Crippen molar-refractivity contribution in [2.24, 2.45) is 5.92 Å². The second-order valence-corrected chi connectivity index (χ2v) is 3.33. The zero-order chi connectivity index (χ0) is 9.52. The Morgan fingerprint density at radius 2 is 2.08 bits per heavy atom. The molecule has 1 heteroatoms. The van der Waals surface area contributed by atoms with Crippen molar-refractivity contribution < 1.29 is 0 Å². The summed E-state index contributed by atoms with van der Waals surface area (Å²) in [6.45, 7) is 7.85. The van der Waals surface area contributed by atoms with Crippen LogP contribution < -0.4 is 5.32 Å². The van der Waals surface area contributed by atoms with E-state index in [0.717, 1.165) is 13.1 Å². The minimum Gasteiger partial charge on any atom is -0.312 e. The van der Waals surface area contributed by atoms with Crippen molar-refractivity contribution >= 4 is 0 Å². The van der Waals surface area contributed by atoms with Gasteiger partial charge in [0.1, 0.15) is 0 Å². The predicted octanol–water partition coefficient (Wildman–Crippen LogP) is 2.60. The molecule has 1 nitrogen and oxygen atoms in total. The molecule has 1 atom stereocenters. The van der Waals surface area contributed by atoms with Crippen LogP contribution in [-0.4, -0.2) is 6.54 Å². The van der Waals surface area contributed by atoms with E-state index < -0.39 is 0 Å². The smallest absolute Gasteiger partial charge is 0.0205 e. The zero-order valence-corrected chi connectivity index (χ0v) is 8.16. The lowest BCUT2D eigenvalue weighted by molar-refractivity contribution is 0.594. The van der Waals surface area contributed by atoms with E-state index in [1.54, 1.807) is 0 Å². The monoisotopic (exact) mass is 175 g/mol. The fourth-order valence-corrected chi connectivity index (χ4v) is 1.12. The van der Waals surface area contributed by atoms with Crippen LogP contribution in [0.4, 0.5) is 0 Å². The molecule has 0 heterocycles. The van der Waals surface area contributed by atoms with Gasteiger partial charge in [0.05, 0.1) is 0 Å². The number of nitrogens with one attached hydrogen (secondary N) is 1. The van der Waals surface area contributed by atoms with Crippen molar-refractivity contribution in [2.75, 3.05) is 6.54 Å². The van der Waals surface area contributed by atoms with Crippen LogP contribution in [0.25, 0.3) is 0 Å². The molecule has 0 fully saturated rings. The van der Waals surface area contributed by atoms with Crippen molar-refractivity contribution in [1.29, 1.82) is 0 Å². The quantitative estimate of drug-likeness (QED) is 0.678. The summed E-state index contributed by atoms with van der Waals surface area (Å²) < 4.78 is 0. The maximum absolute atomic E-state index is 3.75. The van der Waals surface area contributed by atoms with E-state index in [1.807, 2.05) is 12.1 Å². The van der Waals surface area contributed by atoms with Gasteiger partial charge < -0.3 is 5.32 Å². The van der Waals surface area contributed by atoms with Gasteiger partial charge in [-0.05, 0) is 11.5 Å². The number of hydrogen-bond acceptors (Lipinski definition) is 1. The molecule has 0 bridgehead atoms. The minimum absolute atomic E-state index is 0.545. The third kappa shape index (κ3) is 3.90. The maximum Gasteiger partial charge on any atom is 0.0205 e. The number of hydrogen-bond donors (Lipinski definition) is 1. The van der Waals surface area contributed by atoms with Crippen LogP contribution in [0.15, 0.2) is 43.0 Å². The molecular formula is C12H17N. The number of rotatable bonds is 5. The standard InChI is InChI=1S/C12H17N/c1-3-11(2)9-13-10-12-7-5-4-6-8-12/h3-8,11,13H,1,9-10H2,2H3. The molecular weight excluding hydrogens is 158 g/mol. The minimum atomic E-state index is 0.545. The van der Waals surface area contributed by atoms with Crippen molar-refractivity contribution in [3.05, 3.63) is 48.6 Å². The van der Waals surface area contributed by atoms with Crippen LogP contribution in [-0.2, 0) is 6.54 Å². The van der Waals surface area contributed by atoms with E-state index >= 15 is 0 Å². The molecule has 1 unspecified atom stereocenters. The second-order valence-electron chi connectivity index (χ2n) is 3.33. The Morgan fingerprint density at radius 1 is 1.38 bits per heavy atom. The highest BCUT2D eigenvalue weighted by Crippen LogP contribution is 1.98. The van der Waals surface area contributed by atoms with Gasteiger partial charge in [-0.1, -0.05) is 43.3 Å². The lowest BCUT2D eigenvalue weighted by atomic mass is 10.1. The average Bonchev–Trinajstić information content (AvgIpc) is 2.19. The third-order valence-corrected chi connectivity index (χ3v) is 2.04. The second kappa shape index (κ2) is 5.55. The lowest BCUT2D eigenvalue weighted by Crippen LogP contribution is -2.19. The molecule has 0 amide bonds. The van der Waals surface area contributed by atoms with Gasteiger partial charge in [-0.2, -0.15) is 0 Å². The van der Waals surface area contributed by atoms with Gasteiger partial charge in [-0.3, -0.25) is 0 Å². The van der Waals surface area contributed by atoms with Crippen molar-refractivity contribution in [1.82, 2.24) is 5.32 Å². The first-order valence-electron chi connectivity index (χ1n) is 4.70. The van der Waals surface area contributed by atoms with E-state index in [0.29, 0.717) is 5.92 Å². The van der Waals surface area contributed by atoms with Crippen LogP contribution in [0.3, 0.4) is 0 Å². The Bertz CT molecular complexity index is 241. The molecule has 1 aromatic carbocycles. The van der Waals surface area contributed by atoms with Crippen LogP contribution >= 0.6 is 0 Å². The summed E-state index contributed by atoms with van der Waals surface area (Å²) in [4.78, 5) is 0. The first kappa shape index (κ1) is 10.0. The SMILES string of the molecule is C=CC(C)CNCc1ccccc1. The highest BCUT2D eigenvalue weighted by atomic mass is 14.8. The highest BCUT2D eigenvalue weighted by Gasteiger charge is 1.94. The summed E-state index contributed by atoms with van der Waals surface area (Å²) in [7, 11) is 0. The molecule has 0 saturated heterocycles. The molecule has 0 saturated carbocycles. The molecule has 70 valence electrons. The van der Waals surface area contributed by atoms with E-state index in [-0.39, 0.29) is 0 Å². The van der Waals surface area contributed by atoms with Gasteiger partial charge in [0.25, 0.3) is 0 Å². The maximum atomic E-state index is 3.75. The van der Waals surface area contributed by atoms with Crippen LogP contribution in [0.2, 0.25) is 0 Å². The Morgan fingerprint density at radius 3 is 2.69 bits per heavy atom. The van der Waals surface area contributed by atoms with Gasteiger partial charge in [0.15, 0.2) is 0 Å². The Labute approximate surface area is 80.5 Å². The topological polar surface area (TPSA) is 12.0 Å². The van der Waals surface area contributed by atoms with E-state index in [4.69, 9.17) is 0 Å². The van der Waals surface area contributed by atoms with Crippen LogP contribution in [0.5, 0.6) is 0 Å².